The lowest BCUT2D eigenvalue weighted by Crippen LogP contribution is -2.36. The highest BCUT2D eigenvalue weighted by molar-refractivity contribution is 7.89. The first kappa shape index (κ1) is 16.4. The third-order valence-electron chi connectivity index (χ3n) is 3.82. The number of benzene rings is 1. The lowest BCUT2D eigenvalue weighted by Gasteiger charge is -2.19. The number of halogens is 1. The van der Waals surface area contributed by atoms with Gasteiger partial charge in [0.15, 0.2) is 0 Å². The van der Waals surface area contributed by atoms with Crippen molar-refractivity contribution in [3.63, 3.8) is 0 Å². The molecule has 1 unspecified atom stereocenters. The summed E-state index contributed by atoms with van der Waals surface area (Å²) >= 11 is 0. The minimum Gasteiger partial charge on any atom is -0.310 e. The molecule has 0 radical (unpaired) electrons. The van der Waals surface area contributed by atoms with Gasteiger partial charge in [-0.15, -0.1) is 0 Å². The van der Waals surface area contributed by atoms with Gasteiger partial charge >= 0.3 is 0 Å². The Balaban J connectivity index is 2.24. The largest absolute Gasteiger partial charge is 0.310 e. The molecule has 0 amide bonds. The molecule has 21 heavy (non-hydrogen) atoms. The maximum absolute atomic E-state index is 13.5. The molecule has 1 aromatic rings. The maximum atomic E-state index is 13.5. The van der Waals surface area contributed by atoms with Crippen LogP contribution in [-0.4, -0.2) is 20.5 Å². The van der Waals surface area contributed by atoms with Gasteiger partial charge in [0.2, 0.25) is 10.0 Å². The van der Waals surface area contributed by atoms with Crippen molar-refractivity contribution in [3.05, 3.63) is 29.6 Å². The third kappa shape index (κ3) is 4.49. The molecule has 0 spiro atoms. The fourth-order valence-electron chi connectivity index (χ4n) is 1.91. The molecule has 1 fully saturated rings. The zero-order valence-corrected chi connectivity index (χ0v) is 13.5. The maximum Gasteiger partial charge on any atom is 0.241 e. The summed E-state index contributed by atoms with van der Waals surface area (Å²) in [6.45, 7) is 6.13. The Morgan fingerprint density at radius 3 is 2.52 bits per heavy atom. The normalized spacial score (nSPS) is 17.2. The second-order valence-corrected chi connectivity index (χ2v) is 7.74. The van der Waals surface area contributed by atoms with Gasteiger partial charge in [0.1, 0.15) is 5.82 Å². The SMILES string of the molecule is CC(C)C(C)NS(=O)(=O)c1cc(F)ccc1CNC1CC1. The van der Waals surface area contributed by atoms with Crippen molar-refractivity contribution in [3.8, 4) is 0 Å². The molecule has 1 aliphatic carbocycles. The Morgan fingerprint density at radius 1 is 1.29 bits per heavy atom. The number of hydrogen-bond donors (Lipinski definition) is 2. The zero-order valence-electron chi connectivity index (χ0n) is 12.7. The Labute approximate surface area is 126 Å². The minimum atomic E-state index is -3.72. The first-order valence-corrected chi connectivity index (χ1v) is 8.82. The molecule has 1 aromatic carbocycles. The van der Waals surface area contributed by atoms with Crippen LogP contribution in [0.3, 0.4) is 0 Å². The number of nitrogens with one attached hydrogen (secondary N) is 2. The Hall–Kier alpha value is -0.980. The van der Waals surface area contributed by atoms with Gasteiger partial charge < -0.3 is 5.32 Å². The van der Waals surface area contributed by atoms with Gasteiger partial charge in [-0.2, -0.15) is 0 Å². The first-order chi connectivity index (χ1) is 9.79. The first-order valence-electron chi connectivity index (χ1n) is 7.33. The summed E-state index contributed by atoms with van der Waals surface area (Å²) in [6.07, 6.45) is 2.23. The number of rotatable bonds is 7. The topological polar surface area (TPSA) is 58.2 Å². The Bertz CT molecular complexity index is 598. The summed E-state index contributed by atoms with van der Waals surface area (Å²) in [5.74, 6) is -0.371. The van der Waals surface area contributed by atoms with E-state index in [1.165, 1.54) is 6.07 Å². The van der Waals surface area contributed by atoms with E-state index in [4.69, 9.17) is 0 Å². The van der Waals surface area contributed by atoms with Gasteiger partial charge in [-0.1, -0.05) is 19.9 Å². The monoisotopic (exact) mass is 314 g/mol. The van der Waals surface area contributed by atoms with Gasteiger partial charge in [-0.25, -0.2) is 17.5 Å². The van der Waals surface area contributed by atoms with Crippen molar-refractivity contribution in [1.29, 1.82) is 0 Å². The van der Waals surface area contributed by atoms with Gasteiger partial charge in [0.25, 0.3) is 0 Å². The summed E-state index contributed by atoms with van der Waals surface area (Å²) in [6, 6.07) is 4.20. The molecule has 118 valence electrons. The molecule has 0 aromatic heterocycles. The molecule has 1 aliphatic rings. The van der Waals surface area contributed by atoms with Crippen molar-refractivity contribution in [1.82, 2.24) is 10.0 Å². The van der Waals surface area contributed by atoms with Crippen LogP contribution in [0, 0.1) is 11.7 Å². The molecule has 6 heteroatoms. The van der Waals surface area contributed by atoms with E-state index in [0.29, 0.717) is 18.2 Å². The lowest BCUT2D eigenvalue weighted by molar-refractivity contribution is 0.475. The van der Waals surface area contributed by atoms with Crippen LogP contribution in [0.2, 0.25) is 0 Å². The molecule has 0 saturated heterocycles. The smallest absolute Gasteiger partial charge is 0.241 e. The second kappa shape index (κ2) is 6.42. The van der Waals surface area contributed by atoms with Crippen LogP contribution in [0.1, 0.15) is 39.2 Å². The van der Waals surface area contributed by atoms with E-state index in [0.717, 1.165) is 18.9 Å². The molecule has 1 saturated carbocycles. The average Bonchev–Trinajstić information content (AvgIpc) is 3.20. The van der Waals surface area contributed by atoms with Crippen molar-refractivity contribution >= 4 is 10.0 Å². The lowest BCUT2D eigenvalue weighted by atomic mass is 10.1. The predicted molar refractivity (Wildman–Crippen MR) is 80.9 cm³/mol. The summed E-state index contributed by atoms with van der Waals surface area (Å²) < 4.78 is 41.0. The highest BCUT2D eigenvalue weighted by Gasteiger charge is 2.25. The zero-order chi connectivity index (χ0) is 15.6. The highest BCUT2D eigenvalue weighted by Crippen LogP contribution is 2.22. The van der Waals surface area contributed by atoms with Crippen LogP contribution in [0.25, 0.3) is 0 Å². The highest BCUT2D eigenvalue weighted by atomic mass is 32.2. The molecule has 0 bridgehead atoms. The molecule has 2 rings (SSSR count). The molecule has 4 nitrogen and oxygen atoms in total. The van der Waals surface area contributed by atoms with E-state index < -0.39 is 15.8 Å². The molecule has 0 aliphatic heterocycles. The van der Waals surface area contributed by atoms with Crippen molar-refractivity contribution in [2.45, 2.75) is 57.1 Å². The van der Waals surface area contributed by atoms with Crippen LogP contribution >= 0.6 is 0 Å². The average molecular weight is 314 g/mol. The van der Waals surface area contributed by atoms with Crippen molar-refractivity contribution in [2.75, 3.05) is 0 Å². The predicted octanol–water partition coefficient (Wildman–Crippen LogP) is 2.40. The minimum absolute atomic E-state index is 0.0307. The van der Waals surface area contributed by atoms with Crippen molar-refractivity contribution < 1.29 is 12.8 Å². The second-order valence-electron chi connectivity index (χ2n) is 6.06. The summed E-state index contributed by atoms with van der Waals surface area (Å²) in [7, 11) is -3.72. The van der Waals surface area contributed by atoms with E-state index >= 15 is 0 Å². The van der Waals surface area contributed by atoms with Gasteiger partial charge in [0, 0.05) is 18.6 Å². The van der Waals surface area contributed by atoms with Crippen molar-refractivity contribution in [2.24, 2.45) is 5.92 Å². The molecule has 2 N–H and O–H groups in total. The van der Waals surface area contributed by atoms with E-state index in [9.17, 15) is 12.8 Å². The molecule has 1 atom stereocenters. The van der Waals surface area contributed by atoms with Crippen LogP contribution in [0.15, 0.2) is 23.1 Å². The molecule has 0 heterocycles. The summed E-state index contributed by atoms with van der Waals surface area (Å²) in [5, 5.41) is 3.27. The fourth-order valence-corrected chi connectivity index (χ4v) is 3.55. The van der Waals surface area contributed by atoms with Gasteiger partial charge in [0.05, 0.1) is 4.90 Å². The van der Waals surface area contributed by atoms with E-state index in [1.54, 1.807) is 6.07 Å². The van der Waals surface area contributed by atoms with E-state index in [1.807, 2.05) is 20.8 Å². The molecular formula is C15H23FN2O2S. The van der Waals surface area contributed by atoms with E-state index in [2.05, 4.69) is 10.0 Å². The van der Waals surface area contributed by atoms with E-state index in [-0.39, 0.29) is 16.9 Å². The van der Waals surface area contributed by atoms with Crippen LogP contribution in [0.5, 0.6) is 0 Å². The third-order valence-corrected chi connectivity index (χ3v) is 5.46. The Kier molecular flexibility index (Phi) is 5.01. The number of hydrogen-bond acceptors (Lipinski definition) is 3. The standard InChI is InChI=1S/C15H23FN2O2S/c1-10(2)11(3)18-21(19,20)15-8-13(16)5-4-12(15)9-17-14-6-7-14/h4-5,8,10-11,14,17-18H,6-7,9H2,1-3H3. The molecular weight excluding hydrogens is 291 g/mol. The van der Waals surface area contributed by atoms with Gasteiger partial charge in [-0.05, 0) is 43.4 Å². The summed E-state index contributed by atoms with van der Waals surface area (Å²) in [5.41, 5.74) is 0.603. The Morgan fingerprint density at radius 2 is 1.95 bits per heavy atom. The fraction of sp³-hybridized carbons (Fsp3) is 0.600. The number of sulfonamides is 1. The van der Waals surface area contributed by atoms with Crippen LogP contribution < -0.4 is 10.0 Å². The summed E-state index contributed by atoms with van der Waals surface area (Å²) in [4.78, 5) is 0.0307. The van der Waals surface area contributed by atoms with Crippen LogP contribution in [-0.2, 0) is 16.6 Å². The van der Waals surface area contributed by atoms with Crippen LogP contribution in [0.4, 0.5) is 4.39 Å². The van der Waals surface area contributed by atoms with Gasteiger partial charge in [-0.3, -0.25) is 0 Å². The quantitative estimate of drug-likeness (QED) is 0.812.